The van der Waals surface area contributed by atoms with Crippen molar-refractivity contribution < 1.29 is 14.6 Å². The van der Waals surface area contributed by atoms with Crippen LogP contribution in [0, 0.1) is 6.92 Å². The number of anilines is 1. The van der Waals surface area contributed by atoms with Crippen LogP contribution < -0.4 is 5.32 Å². The lowest BCUT2D eigenvalue weighted by Gasteiger charge is -2.07. The Morgan fingerprint density at radius 1 is 1.37 bits per heavy atom. The average molecular weight is 267 g/mol. The Kier molecular flexibility index (Phi) is 6.81. The van der Waals surface area contributed by atoms with Gasteiger partial charge in [-0.25, -0.2) is 14.8 Å². The lowest BCUT2D eigenvalue weighted by atomic mass is 10.3. The third-order valence-corrected chi connectivity index (χ3v) is 2.46. The van der Waals surface area contributed by atoms with Crippen LogP contribution in [-0.2, 0) is 4.74 Å². The first-order valence-corrected chi connectivity index (χ1v) is 6.54. The minimum atomic E-state index is -1.04. The van der Waals surface area contributed by atoms with Crippen LogP contribution in [0.2, 0.25) is 0 Å². The number of hydrogen-bond acceptors (Lipinski definition) is 5. The monoisotopic (exact) mass is 267 g/mol. The Bertz CT molecular complexity index is 410. The Labute approximate surface area is 113 Å². The van der Waals surface area contributed by atoms with Gasteiger partial charge in [-0.1, -0.05) is 13.3 Å². The highest BCUT2D eigenvalue weighted by molar-refractivity contribution is 5.85. The summed E-state index contributed by atoms with van der Waals surface area (Å²) in [6.07, 6.45) is 3.05. The molecule has 0 atom stereocenters. The molecule has 0 aliphatic carbocycles. The van der Waals surface area contributed by atoms with Crippen LogP contribution in [0.4, 0.5) is 5.95 Å². The van der Waals surface area contributed by atoms with Gasteiger partial charge in [-0.2, -0.15) is 0 Å². The van der Waals surface area contributed by atoms with Crippen LogP contribution in [0.3, 0.4) is 0 Å². The van der Waals surface area contributed by atoms with E-state index in [9.17, 15) is 4.79 Å². The number of carbonyl (C=O) groups is 1. The first-order valence-electron chi connectivity index (χ1n) is 6.54. The summed E-state index contributed by atoms with van der Waals surface area (Å²) in [5.41, 5.74) is 0.642. The highest BCUT2D eigenvalue weighted by atomic mass is 16.5. The molecule has 0 bridgehead atoms. The van der Waals surface area contributed by atoms with Crippen molar-refractivity contribution in [2.24, 2.45) is 0 Å². The second-order valence-corrected chi connectivity index (χ2v) is 4.27. The number of nitrogens with one attached hydrogen (secondary N) is 1. The molecule has 0 saturated heterocycles. The van der Waals surface area contributed by atoms with Gasteiger partial charge in [0.15, 0.2) is 5.69 Å². The van der Waals surface area contributed by atoms with Crippen molar-refractivity contribution in [1.29, 1.82) is 0 Å². The maximum atomic E-state index is 10.8. The standard InChI is InChI=1S/C13H21N3O3/c1-3-4-7-19-8-5-6-14-13-15-10(2)9-11(16-13)12(17)18/h9H,3-8H2,1-2H3,(H,17,18)(H,14,15,16). The van der Waals surface area contributed by atoms with Crippen LogP contribution >= 0.6 is 0 Å². The molecule has 2 N–H and O–H groups in total. The molecule has 1 aromatic heterocycles. The van der Waals surface area contributed by atoms with Gasteiger partial charge in [0, 0.05) is 25.5 Å². The number of rotatable bonds is 9. The molecule has 6 nitrogen and oxygen atoms in total. The van der Waals surface area contributed by atoms with E-state index in [-0.39, 0.29) is 5.69 Å². The zero-order valence-corrected chi connectivity index (χ0v) is 11.5. The molecule has 0 saturated carbocycles. The second-order valence-electron chi connectivity index (χ2n) is 4.27. The van der Waals surface area contributed by atoms with Crippen molar-refractivity contribution in [2.75, 3.05) is 25.1 Å². The molecule has 1 heterocycles. The van der Waals surface area contributed by atoms with Gasteiger partial charge in [0.05, 0.1) is 0 Å². The highest BCUT2D eigenvalue weighted by Gasteiger charge is 2.07. The smallest absolute Gasteiger partial charge is 0.354 e. The molecular formula is C13H21N3O3. The van der Waals surface area contributed by atoms with Gasteiger partial charge in [0.2, 0.25) is 5.95 Å². The Morgan fingerprint density at radius 2 is 2.11 bits per heavy atom. The molecule has 106 valence electrons. The molecule has 0 aliphatic heterocycles. The molecule has 0 aromatic carbocycles. The van der Waals surface area contributed by atoms with Gasteiger partial charge >= 0.3 is 5.97 Å². The van der Waals surface area contributed by atoms with Crippen LogP contribution in [0.5, 0.6) is 0 Å². The fraction of sp³-hybridized carbons (Fsp3) is 0.615. The average Bonchev–Trinajstić information content (AvgIpc) is 2.37. The number of ether oxygens (including phenoxy) is 1. The predicted octanol–water partition coefficient (Wildman–Crippen LogP) is 2.10. The van der Waals surface area contributed by atoms with Crippen molar-refractivity contribution in [3.8, 4) is 0 Å². The number of unbranched alkanes of at least 4 members (excludes halogenated alkanes) is 1. The van der Waals surface area contributed by atoms with Crippen LogP contribution in [0.1, 0.15) is 42.4 Å². The molecule has 0 radical (unpaired) electrons. The number of carboxylic acids is 1. The van der Waals surface area contributed by atoms with E-state index >= 15 is 0 Å². The Morgan fingerprint density at radius 3 is 2.79 bits per heavy atom. The largest absolute Gasteiger partial charge is 0.477 e. The Balaban J connectivity index is 2.31. The van der Waals surface area contributed by atoms with Gasteiger partial charge in [0.25, 0.3) is 0 Å². The first kappa shape index (κ1) is 15.4. The van der Waals surface area contributed by atoms with E-state index in [1.165, 1.54) is 6.07 Å². The van der Waals surface area contributed by atoms with Gasteiger partial charge in [-0.15, -0.1) is 0 Å². The highest BCUT2D eigenvalue weighted by Crippen LogP contribution is 2.05. The normalized spacial score (nSPS) is 10.4. The molecule has 0 fully saturated rings. The molecule has 1 aromatic rings. The molecule has 19 heavy (non-hydrogen) atoms. The summed E-state index contributed by atoms with van der Waals surface area (Å²) in [5.74, 6) is -0.692. The number of hydrogen-bond donors (Lipinski definition) is 2. The van der Waals surface area contributed by atoms with Crippen LogP contribution in [0.25, 0.3) is 0 Å². The summed E-state index contributed by atoms with van der Waals surface area (Å²) in [6.45, 7) is 6.01. The number of nitrogens with zero attached hydrogens (tertiary/aromatic N) is 2. The zero-order chi connectivity index (χ0) is 14.1. The molecular weight excluding hydrogens is 246 g/mol. The zero-order valence-electron chi connectivity index (χ0n) is 11.5. The molecule has 0 unspecified atom stereocenters. The minimum Gasteiger partial charge on any atom is -0.477 e. The van der Waals surface area contributed by atoms with E-state index < -0.39 is 5.97 Å². The second kappa shape index (κ2) is 8.42. The number of carboxylic acid groups (broad SMARTS) is 1. The first-order chi connectivity index (χ1) is 9.13. The van der Waals surface area contributed by atoms with Gasteiger partial charge in [0.1, 0.15) is 0 Å². The van der Waals surface area contributed by atoms with E-state index in [4.69, 9.17) is 9.84 Å². The SMILES string of the molecule is CCCCOCCCNc1nc(C)cc(C(=O)O)n1. The minimum absolute atomic E-state index is 0.00851. The van der Waals surface area contributed by atoms with Crippen LogP contribution in [0.15, 0.2) is 6.07 Å². The molecule has 0 aliphatic rings. The van der Waals surface area contributed by atoms with E-state index in [2.05, 4.69) is 22.2 Å². The summed E-state index contributed by atoms with van der Waals surface area (Å²) in [4.78, 5) is 18.9. The molecule has 1 rings (SSSR count). The van der Waals surface area contributed by atoms with E-state index in [0.717, 1.165) is 25.9 Å². The fourth-order valence-corrected chi connectivity index (χ4v) is 1.48. The van der Waals surface area contributed by atoms with Crippen molar-refractivity contribution >= 4 is 11.9 Å². The van der Waals surface area contributed by atoms with Crippen molar-refractivity contribution in [2.45, 2.75) is 33.1 Å². The molecule has 6 heteroatoms. The van der Waals surface area contributed by atoms with E-state index in [1.807, 2.05) is 0 Å². The summed E-state index contributed by atoms with van der Waals surface area (Å²) < 4.78 is 5.42. The lowest BCUT2D eigenvalue weighted by Crippen LogP contribution is -2.11. The summed E-state index contributed by atoms with van der Waals surface area (Å²) in [5, 5.41) is 11.9. The van der Waals surface area contributed by atoms with Crippen molar-refractivity contribution in [3.63, 3.8) is 0 Å². The van der Waals surface area contributed by atoms with Crippen molar-refractivity contribution in [3.05, 3.63) is 17.5 Å². The van der Waals surface area contributed by atoms with Crippen molar-refractivity contribution in [1.82, 2.24) is 9.97 Å². The number of aromatic carboxylic acids is 1. The maximum absolute atomic E-state index is 10.8. The van der Waals surface area contributed by atoms with E-state index in [1.54, 1.807) is 6.92 Å². The molecule has 0 amide bonds. The lowest BCUT2D eigenvalue weighted by molar-refractivity contribution is 0.0690. The topological polar surface area (TPSA) is 84.3 Å². The predicted molar refractivity (Wildman–Crippen MR) is 72.6 cm³/mol. The number of aryl methyl sites for hydroxylation is 1. The van der Waals surface area contributed by atoms with Gasteiger partial charge in [-0.3, -0.25) is 0 Å². The summed E-state index contributed by atoms with van der Waals surface area (Å²) >= 11 is 0. The van der Waals surface area contributed by atoms with E-state index in [0.29, 0.717) is 24.8 Å². The molecule has 0 spiro atoms. The number of aromatic nitrogens is 2. The Hall–Kier alpha value is -1.69. The van der Waals surface area contributed by atoms with Gasteiger partial charge in [-0.05, 0) is 25.8 Å². The maximum Gasteiger partial charge on any atom is 0.354 e. The third kappa shape index (κ3) is 6.15. The summed E-state index contributed by atoms with van der Waals surface area (Å²) in [7, 11) is 0. The fourth-order valence-electron chi connectivity index (χ4n) is 1.48. The quantitative estimate of drug-likeness (QED) is 0.666. The third-order valence-electron chi connectivity index (χ3n) is 2.46. The van der Waals surface area contributed by atoms with Gasteiger partial charge < -0.3 is 15.2 Å². The van der Waals surface area contributed by atoms with Crippen LogP contribution in [-0.4, -0.2) is 40.8 Å². The summed E-state index contributed by atoms with van der Waals surface area (Å²) in [6, 6.07) is 1.45.